The minimum Gasteiger partial charge on any atom is -0.456 e. The highest BCUT2D eigenvalue weighted by Crippen LogP contribution is 2.56. The summed E-state index contributed by atoms with van der Waals surface area (Å²) in [5.74, 6) is -0.583. The lowest BCUT2D eigenvalue weighted by Gasteiger charge is -2.37. The molecule has 0 unspecified atom stereocenters. The van der Waals surface area contributed by atoms with Gasteiger partial charge in [-0.1, -0.05) is 18.2 Å². The topological polar surface area (TPSA) is 153 Å². The fourth-order valence-electron chi connectivity index (χ4n) is 7.44. The first-order chi connectivity index (χ1) is 25.0. The van der Waals surface area contributed by atoms with Crippen LogP contribution in [0.3, 0.4) is 0 Å². The smallest absolute Gasteiger partial charge is 0.410 e. The second kappa shape index (κ2) is 13.1. The number of benzene rings is 3. The van der Waals surface area contributed by atoms with Crippen molar-refractivity contribution in [1.82, 2.24) is 9.80 Å². The van der Waals surface area contributed by atoms with Crippen LogP contribution in [0.5, 0.6) is 11.5 Å². The van der Waals surface area contributed by atoms with Crippen molar-refractivity contribution in [2.45, 2.75) is 96.1 Å². The van der Waals surface area contributed by atoms with E-state index in [2.05, 4.69) is 10.6 Å². The van der Waals surface area contributed by atoms with E-state index in [1.54, 1.807) is 90.1 Å². The zero-order valence-corrected chi connectivity index (χ0v) is 30.7. The van der Waals surface area contributed by atoms with Gasteiger partial charge in [-0.25, -0.2) is 14.4 Å². The molecule has 13 heteroatoms. The van der Waals surface area contributed by atoms with Crippen molar-refractivity contribution in [3.05, 3.63) is 82.9 Å². The maximum Gasteiger partial charge on any atom is 0.410 e. The Hall–Kier alpha value is -5.59. The first-order valence-electron chi connectivity index (χ1n) is 17.9. The summed E-state index contributed by atoms with van der Waals surface area (Å²) in [5.41, 5.74) is 0.175. The quantitative estimate of drug-likeness (QED) is 0.216. The van der Waals surface area contributed by atoms with Gasteiger partial charge < -0.3 is 29.6 Å². The van der Waals surface area contributed by atoms with Gasteiger partial charge in [0.15, 0.2) is 5.60 Å². The Morgan fingerprint density at radius 2 is 1.17 bits per heavy atom. The molecule has 0 aliphatic carbocycles. The highest BCUT2D eigenvalue weighted by atomic mass is 16.6. The number of esters is 1. The lowest BCUT2D eigenvalue weighted by atomic mass is 9.77. The molecule has 53 heavy (non-hydrogen) atoms. The molecule has 278 valence electrons. The SMILES string of the molecule is CC(C)(C)OC(=O)N1CCC[C@H]1C(=O)Nc1ccc2c(c1)Oc1cc(NC(=O)[C@@H]3CCCN3C(=O)OC(C)(C)C)ccc1C21OC(=O)c2ccccc21. The average molecular weight is 725 g/mol. The molecule has 0 saturated carbocycles. The fraction of sp³-hybridized carbons (Fsp3) is 0.425. The third kappa shape index (κ3) is 6.75. The number of fused-ring (bicyclic) bond motifs is 6. The molecule has 7 rings (SSSR count). The number of rotatable bonds is 4. The number of likely N-dealkylation sites (tertiary alicyclic amines) is 2. The van der Waals surface area contributed by atoms with Crippen LogP contribution in [-0.4, -0.2) is 76.1 Å². The molecule has 4 heterocycles. The average Bonchev–Trinajstić information content (AvgIpc) is 3.83. The standard InChI is InChI=1S/C40H44N4O9/c1-38(2,3)52-36(48)43-19-9-13-29(43)33(45)41-23-15-17-27-31(21-23)50-32-22-24(42-34(46)30-14-10-20-44(30)37(49)53-39(4,5)6)16-18-28(32)40(27)26-12-8-7-11-25(26)35(47)51-40/h7-8,11-12,15-18,21-22,29-30H,9-10,13-14,19-20H2,1-6H3,(H,41,45)(H,42,46)/t29-,30-/m0/s1. The summed E-state index contributed by atoms with van der Waals surface area (Å²) in [4.78, 5) is 69.2. The molecule has 0 bridgehead atoms. The van der Waals surface area contributed by atoms with Gasteiger partial charge in [-0.15, -0.1) is 0 Å². The predicted octanol–water partition coefficient (Wildman–Crippen LogP) is 6.93. The monoisotopic (exact) mass is 724 g/mol. The van der Waals surface area contributed by atoms with E-state index in [1.807, 2.05) is 12.1 Å². The summed E-state index contributed by atoms with van der Waals surface area (Å²) in [5, 5.41) is 5.87. The first kappa shape index (κ1) is 35.8. The van der Waals surface area contributed by atoms with Crippen LogP contribution in [0.25, 0.3) is 0 Å². The number of carbonyl (C=O) groups excluding carboxylic acids is 5. The Kier molecular flexibility index (Phi) is 8.86. The van der Waals surface area contributed by atoms with Crippen molar-refractivity contribution in [2.24, 2.45) is 0 Å². The zero-order chi connectivity index (χ0) is 37.9. The van der Waals surface area contributed by atoms with E-state index in [0.29, 0.717) is 83.9 Å². The minimum absolute atomic E-state index is 0.325. The normalized spacial score (nSPS) is 19.8. The van der Waals surface area contributed by atoms with E-state index in [1.165, 1.54) is 9.80 Å². The number of hydrogen-bond donors (Lipinski definition) is 2. The van der Waals surface area contributed by atoms with E-state index in [9.17, 15) is 24.0 Å². The third-order valence-electron chi connectivity index (χ3n) is 9.62. The molecule has 3 aromatic rings. The zero-order valence-electron chi connectivity index (χ0n) is 30.7. The van der Waals surface area contributed by atoms with Crippen LogP contribution in [0.1, 0.15) is 94.3 Å². The third-order valence-corrected chi connectivity index (χ3v) is 9.62. The van der Waals surface area contributed by atoms with Crippen molar-refractivity contribution in [3.8, 4) is 11.5 Å². The van der Waals surface area contributed by atoms with E-state index in [0.717, 1.165) is 0 Å². The highest BCUT2D eigenvalue weighted by molar-refractivity contribution is 5.99. The van der Waals surface area contributed by atoms with Crippen molar-refractivity contribution >= 4 is 41.3 Å². The maximum absolute atomic E-state index is 13.6. The van der Waals surface area contributed by atoms with Crippen molar-refractivity contribution < 1.29 is 42.9 Å². The number of carbonyl (C=O) groups is 5. The van der Waals surface area contributed by atoms with Crippen LogP contribution >= 0.6 is 0 Å². The molecule has 4 amide bonds. The molecule has 0 radical (unpaired) electrons. The number of nitrogens with one attached hydrogen (secondary N) is 2. The number of hydrogen-bond acceptors (Lipinski definition) is 9. The predicted molar refractivity (Wildman–Crippen MR) is 194 cm³/mol. The first-order valence-corrected chi connectivity index (χ1v) is 17.9. The minimum atomic E-state index is -1.38. The molecule has 13 nitrogen and oxygen atoms in total. The Balaban J connectivity index is 1.19. The van der Waals surface area contributed by atoms with Crippen LogP contribution in [-0.2, 0) is 29.4 Å². The van der Waals surface area contributed by atoms with Crippen LogP contribution in [0.2, 0.25) is 0 Å². The fourth-order valence-corrected chi connectivity index (χ4v) is 7.44. The molecule has 2 atom stereocenters. The van der Waals surface area contributed by atoms with Crippen molar-refractivity contribution in [3.63, 3.8) is 0 Å². The molecule has 1 spiro atoms. The number of nitrogens with zero attached hydrogens (tertiary/aromatic N) is 2. The molecular formula is C40H44N4O9. The summed E-state index contributed by atoms with van der Waals surface area (Å²) in [6, 6.07) is 16.0. The largest absolute Gasteiger partial charge is 0.456 e. The van der Waals surface area contributed by atoms with E-state index < -0.39 is 47.0 Å². The van der Waals surface area contributed by atoms with Gasteiger partial charge in [-0.05, 0) is 97.6 Å². The summed E-state index contributed by atoms with van der Waals surface area (Å²) < 4.78 is 23.8. The van der Waals surface area contributed by atoms with E-state index in [-0.39, 0.29) is 11.8 Å². The Morgan fingerprint density at radius 1 is 0.698 bits per heavy atom. The molecule has 2 fully saturated rings. The lowest BCUT2D eigenvalue weighted by Crippen LogP contribution is -2.45. The van der Waals surface area contributed by atoms with Gasteiger partial charge in [0.05, 0.1) is 5.56 Å². The highest BCUT2D eigenvalue weighted by Gasteiger charge is 2.53. The van der Waals surface area contributed by atoms with Crippen molar-refractivity contribution in [2.75, 3.05) is 23.7 Å². The van der Waals surface area contributed by atoms with Crippen molar-refractivity contribution in [1.29, 1.82) is 0 Å². The Bertz CT molecular complexity index is 1900. The van der Waals surface area contributed by atoms with Gasteiger partial charge in [0, 0.05) is 53.3 Å². The van der Waals surface area contributed by atoms with Crippen LogP contribution in [0.15, 0.2) is 60.7 Å². The van der Waals surface area contributed by atoms with Gasteiger partial charge in [-0.3, -0.25) is 19.4 Å². The summed E-state index contributed by atoms with van der Waals surface area (Å²) in [6.07, 6.45) is 1.21. The molecule has 0 aromatic heterocycles. The molecular weight excluding hydrogens is 680 g/mol. The maximum atomic E-state index is 13.6. The molecule has 3 aromatic carbocycles. The van der Waals surface area contributed by atoms with Crippen LogP contribution in [0, 0.1) is 0 Å². The van der Waals surface area contributed by atoms with Crippen LogP contribution < -0.4 is 15.4 Å². The second-order valence-electron chi connectivity index (χ2n) is 15.8. The Morgan fingerprint density at radius 3 is 1.64 bits per heavy atom. The molecule has 4 aliphatic rings. The van der Waals surface area contributed by atoms with Gasteiger partial charge in [0.1, 0.15) is 34.8 Å². The number of ether oxygens (including phenoxy) is 4. The second-order valence-corrected chi connectivity index (χ2v) is 15.8. The van der Waals surface area contributed by atoms with Gasteiger partial charge in [0.25, 0.3) is 0 Å². The molecule has 2 saturated heterocycles. The van der Waals surface area contributed by atoms with Crippen LogP contribution in [0.4, 0.5) is 21.0 Å². The van der Waals surface area contributed by atoms with E-state index >= 15 is 0 Å². The lowest BCUT2D eigenvalue weighted by molar-refractivity contribution is -0.121. The Labute approximate surface area is 307 Å². The summed E-state index contributed by atoms with van der Waals surface area (Å²) in [7, 11) is 0. The van der Waals surface area contributed by atoms with E-state index in [4.69, 9.17) is 18.9 Å². The van der Waals surface area contributed by atoms with Gasteiger partial charge >= 0.3 is 18.2 Å². The number of anilines is 2. The van der Waals surface area contributed by atoms with Gasteiger partial charge in [0.2, 0.25) is 11.8 Å². The van der Waals surface area contributed by atoms with Gasteiger partial charge in [-0.2, -0.15) is 0 Å². The molecule has 4 aliphatic heterocycles. The summed E-state index contributed by atoms with van der Waals surface area (Å²) in [6.45, 7) is 11.5. The number of amides is 4. The molecule has 2 N–H and O–H groups in total. The summed E-state index contributed by atoms with van der Waals surface area (Å²) >= 11 is 0.